The third kappa shape index (κ3) is 6.61. The zero-order valence-electron chi connectivity index (χ0n) is 22.0. The van der Waals surface area contributed by atoms with E-state index in [0.29, 0.717) is 11.1 Å². The van der Waals surface area contributed by atoms with Crippen molar-refractivity contribution in [3.8, 4) is 5.75 Å². The summed E-state index contributed by atoms with van der Waals surface area (Å²) in [7, 11) is 0. The van der Waals surface area contributed by atoms with Gasteiger partial charge in [-0.3, -0.25) is 14.4 Å². The van der Waals surface area contributed by atoms with Gasteiger partial charge in [-0.15, -0.1) is 11.8 Å². The smallest absolute Gasteiger partial charge is 0.330 e. The molecule has 3 rings (SSSR count). The molecule has 1 aliphatic heterocycles. The van der Waals surface area contributed by atoms with E-state index in [0.717, 1.165) is 16.7 Å². The summed E-state index contributed by atoms with van der Waals surface area (Å²) in [5.41, 5.74) is 6.80. The highest BCUT2D eigenvalue weighted by Gasteiger charge is 2.57. The van der Waals surface area contributed by atoms with Crippen LogP contribution in [0.1, 0.15) is 35.3 Å². The first-order chi connectivity index (χ1) is 18.4. The van der Waals surface area contributed by atoms with Crippen LogP contribution in [0.3, 0.4) is 0 Å². The summed E-state index contributed by atoms with van der Waals surface area (Å²) in [5, 5.41) is 22.9. The number of benzene rings is 2. The third-order valence-corrected chi connectivity index (χ3v) is 7.98. The second kappa shape index (κ2) is 12.4. The quantitative estimate of drug-likeness (QED) is 0.254. The maximum Gasteiger partial charge on any atom is 0.330 e. The van der Waals surface area contributed by atoms with Gasteiger partial charge in [0.1, 0.15) is 18.4 Å². The zero-order valence-corrected chi connectivity index (χ0v) is 22.8. The molecular formula is C28H33N3O7S. The Morgan fingerprint density at radius 1 is 1.18 bits per heavy atom. The van der Waals surface area contributed by atoms with Gasteiger partial charge in [0.25, 0.3) is 17.7 Å². The van der Waals surface area contributed by atoms with Gasteiger partial charge in [0, 0.05) is 15.9 Å². The number of nitrogens with zero attached hydrogens (tertiary/aromatic N) is 1. The molecule has 1 heterocycles. The molecule has 0 spiro atoms. The van der Waals surface area contributed by atoms with Crippen molar-refractivity contribution in [3.05, 3.63) is 77.9 Å². The number of carbonyl (C=O) groups is 4. The van der Waals surface area contributed by atoms with E-state index in [4.69, 9.17) is 10.5 Å². The van der Waals surface area contributed by atoms with Crippen LogP contribution < -0.4 is 11.1 Å². The average molecular weight is 556 g/mol. The van der Waals surface area contributed by atoms with E-state index in [2.05, 4.69) is 11.9 Å². The lowest BCUT2D eigenvalue weighted by molar-refractivity contribution is -0.159. The van der Waals surface area contributed by atoms with Gasteiger partial charge in [-0.1, -0.05) is 49.1 Å². The number of aliphatic hydroxyl groups is 1. The molecule has 0 bridgehead atoms. The molecule has 2 aromatic carbocycles. The van der Waals surface area contributed by atoms with Gasteiger partial charge >= 0.3 is 5.97 Å². The Kier molecular flexibility index (Phi) is 9.41. The minimum absolute atomic E-state index is 0.0501. The molecule has 11 heteroatoms. The number of amides is 3. The monoisotopic (exact) mass is 555 g/mol. The number of phenols is 1. The van der Waals surface area contributed by atoms with Crippen LogP contribution in [0.4, 0.5) is 0 Å². The SMILES string of the molecule is C=CCOC(=O)[C@H]1N(C(=O)[C@@H](O)[C@H](Cc2ccccc2)NC(=O)c2cccc(O)c2C)C(C(N)=O)SC1(C)C. The fourth-order valence-electron chi connectivity index (χ4n) is 4.48. The predicted molar refractivity (Wildman–Crippen MR) is 147 cm³/mol. The van der Waals surface area contributed by atoms with Gasteiger partial charge < -0.3 is 30.9 Å². The first-order valence-electron chi connectivity index (χ1n) is 12.3. The number of rotatable bonds is 10. The molecule has 208 valence electrons. The number of ether oxygens (including phenoxy) is 1. The fraction of sp³-hybridized carbons (Fsp3) is 0.357. The van der Waals surface area contributed by atoms with Crippen LogP contribution in [-0.2, 0) is 25.5 Å². The summed E-state index contributed by atoms with van der Waals surface area (Å²) >= 11 is 1.01. The van der Waals surface area contributed by atoms with E-state index in [-0.39, 0.29) is 24.3 Å². The Balaban J connectivity index is 1.99. The number of esters is 1. The second-order valence-corrected chi connectivity index (χ2v) is 11.4. The lowest BCUT2D eigenvalue weighted by Crippen LogP contribution is -2.60. The van der Waals surface area contributed by atoms with Crippen LogP contribution in [0.5, 0.6) is 5.75 Å². The van der Waals surface area contributed by atoms with E-state index in [1.807, 2.05) is 0 Å². The number of aliphatic hydroxyl groups excluding tert-OH is 1. The van der Waals surface area contributed by atoms with Crippen molar-refractivity contribution in [2.45, 2.75) is 55.5 Å². The van der Waals surface area contributed by atoms with Crippen LogP contribution in [0.25, 0.3) is 0 Å². The molecule has 5 N–H and O–H groups in total. The first kappa shape index (κ1) is 29.7. The highest BCUT2D eigenvalue weighted by atomic mass is 32.2. The lowest BCUT2D eigenvalue weighted by atomic mass is 9.96. The van der Waals surface area contributed by atoms with Crippen LogP contribution in [0.2, 0.25) is 0 Å². The van der Waals surface area contributed by atoms with Crippen LogP contribution in [-0.4, -0.2) is 73.7 Å². The number of carbonyl (C=O) groups excluding carboxylic acids is 4. The highest BCUT2D eigenvalue weighted by molar-refractivity contribution is 8.02. The summed E-state index contributed by atoms with van der Waals surface area (Å²) in [4.78, 5) is 53.4. The van der Waals surface area contributed by atoms with Crippen molar-refractivity contribution in [2.75, 3.05) is 6.61 Å². The molecule has 39 heavy (non-hydrogen) atoms. The summed E-state index contributed by atoms with van der Waals surface area (Å²) in [6.45, 7) is 8.31. The molecule has 2 aromatic rings. The average Bonchev–Trinajstić information content (AvgIpc) is 3.19. The Morgan fingerprint density at radius 3 is 2.46 bits per heavy atom. The van der Waals surface area contributed by atoms with E-state index in [1.165, 1.54) is 24.3 Å². The van der Waals surface area contributed by atoms with Crippen molar-refractivity contribution in [1.29, 1.82) is 0 Å². The van der Waals surface area contributed by atoms with Crippen molar-refractivity contribution in [3.63, 3.8) is 0 Å². The molecule has 0 aromatic heterocycles. The Labute approximate surface area is 231 Å². The zero-order chi connectivity index (χ0) is 28.9. The van der Waals surface area contributed by atoms with E-state index in [9.17, 15) is 29.4 Å². The maximum absolute atomic E-state index is 13.8. The minimum Gasteiger partial charge on any atom is -0.508 e. The summed E-state index contributed by atoms with van der Waals surface area (Å²) in [6.07, 6.45) is -0.444. The molecule has 3 amide bonds. The molecule has 1 fully saturated rings. The van der Waals surface area contributed by atoms with Gasteiger partial charge in [-0.05, 0) is 44.9 Å². The normalized spacial score (nSPS) is 19.5. The van der Waals surface area contributed by atoms with Crippen molar-refractivity contribution in [2.24, 2.45) is 5.73 Å². The summed E-state index contributed by atoms with van der Waals surface area (Å²) in [5.74, 6) is -3.32. The number of nitrogens with two attached hydrogens (primary N) is 1. The summed E-state index contributed by atoms with van der Waals surface area (Å²) in [6, 6.07) is 10.9. The van der Waals surface area contributed by atoms with Crippen molar-refractivity contribution in [1.82, 2.24) is 10.2 Å². The molecule has 0 saturated carbocycles. The first-order valence-corrected chi connectivity index (χ1v) is 13.1. The molecule has 10 nitrogen and oxygen atoms in total. The Morgan fingerprint density at radius 2 is 1.85 bits per heavy atom. The molecule has 1 saturated heterocycles. The van der Waals surface area contributed by atoms with E-state index < -0.39 is 52.0 Å². The van der Waals surface area contributed by atoms with Gasteiger partial charge in [0.15, 0.2) is 11.5 Å². The third-order valence-electron chi connectivity index (χ3n) is 6.47. The minimum atomic E-state index is -1.86. The van der Waals surface area contributed by atoms with Crippen LogP contribution in [0, 0.1) is 6.92 Å². The van der Waals surface area contributed by atoms with Gasteiger partial charge in [-0.25, -0.2) is 4.79 Å². The molecule has 0 radical (unpaired) electrons. The molecule has 4 atom stereocenters. The van der Waals surface area contributed by atoms with Gasteiger partial charge in [0.05, 0.1) is 6.04 Å². The van der Waals surface area contributed by atoms with Gasteiger partial charge in [-0.2, -0.15) is 0 Å². The maximum atomic E-state index is 13.8. The molecular weight excluding hydrogens is 522 g/mol. The number of nitrogens with one attached hydrogen (secondary N) is 1. The standard InChI is InChI=1S/C28H33N3O7S/c1-5-14-38-27(37)22-28(3,4)39-26(23(29)34)31(22)25(36)21(33)19(15-17-10-7-6-8-11-17)30-24(35)18-12-9-13-20(32)16(18)2/h5-13,19,21-22,26,32-33H,1,14-15H2,2-4H3,(H2,29,34)(H,30,35)/t19-,21-,22+,26?/m0/s1. The Hall–Kier alpha value is -3.83. The number of hydrogen-bond donors (Lipinski definition) is 4. The van der Waals surface area contributed by atoms with Crippen LogP contribution in [0.15, 0.2) is 61.2 Å². The Bertz CT molecular complexity index is 1250. The number of aromatic hydroxyl groups is 1. The van der Waals surface area contributed by atoms with E-state index >= 15 is 0 Å². The number of primary amides is 1. The summed E-state index contributed by atoms with van der Waals surface area (Å²) < 4.78 is 4.23. The highest BCUT2D eigenvalue weighted by Crippen LogP contribution is 2.45. The van der Waals surface area contributed by atoms with Crippen LogP contribution >= 0.6 is 11.8 Å². The van der Waals surface area contributed by atoms with Crippen molar-refractivity contribution < 1.29 is 34.1 Å². The second-order valence-electron chi connectivity index (χ2n) is 9.71. The molecule has 0 aliphatic carbocycles. The lowest BCUT2D eigenvalue weighted by Gasteiger charge is -2.34. The number of phenolic OH excluding ortho intramolecular Hbond substituents is 1. The largest absolute Gasteiger partial charge is 0.508 e. The number of hydrogen-bond acceptors (Lipinski definition) is 8. The molecule has 1 unspecified atom stereocenters. The predicted octanol–water partition coefficient (Wildman–Crippen LogP) is 1.67. The topological polar surface area (TPSA) is 159 Å². The number of thioether (sulfide) groups is 1. The van der Waals surface area contributed by atoms with E-state index in [1.54, 1.807) is 51.1 Å². The van der Waals surface area contributed by atoms with Crippen molar-refractivity contribution >= 4 is 35.5 Å². The molecule has 1 aliphatic rings. The van der Waals surface area contributed by atoms with Gasteiger partial charge in [0.2, 0.25) is 0 Å². The fourth-order valence-corrected chi connectivity index (χ4v) is 5.85.